The van der Waals surface area contributed by atoms with Crippen molar-refractivity contribution in [3.05, 3.63) is 36.7 Å². The van der Waals surface area contributed by atoms with Gasteiger partial charge in [0.2, 0.25) is 5.91 Å². The van der Waals surface area contributed by atoms with Crippen LogP contribution in [0.1, 0.15) is 44.9 Å². The Morgan fingerprint density at radius 1 is 1.09 bits per heavy atom. The quantitative estimate of drug-likeness (QED) is 0.587. The van der Waals surface area contributed by atoms with Crippen LogP contribution in [0.25, 0.3) is 0 Å². The first-order valence-electron chi connectivity index (χ1n) is 11.6. The summed E-state index contributed by atoms with van der Waals surface area (Å²) >= 11 is 1.57. The number of imidazole rings is 1. The molecule has 4 aliphatic rings. The van der Waals surface area contributed by atoms with Crippen molar-refractivity contribution in [2.24, 2.45) is 24.8 Å². The highest BCUT2D eigenvalue weighted by atomic mass is 32.2. The number of hydrogen-bond donors (Lipinski definition) is 3. The molecule has 0 aliphatic heterocycles. The lowest BCUT2D eigenvalue weighted by Gasteiger charge is -2.56. The summed E-state index contributed by atoms with van der Waals surface area (Å²) in [6, 6.07) is 7.57. The molecule has 6 rings (SSSR count). The molecule has 4 bridgehead atoms. The Kier molecular flexibility index (Phi) is 5.88. The van der Waals surface area contributed by atoms with Gasteiger partial charge in [-0.25, -0.2) is 9.78 Å². The molecule has 1 aromatic heterocycles. The first kappa shape index (κ1) is 21.4. The minimum Gasteiger partial charge on any atom is -0.338 e. The maximum atomic E-state index is 12.5. The van der Waals surface area contributed by atoms with Crippen molar-refractivity contribution in [1.29, 1.82) is 0 Å². The van der Waals surface area contributed by atoms with Gasteiger partial charge in [-0.2, -0.15) is 0 Å². The summed E-state index contributed by atoms with van der Waals surface area (Å²) in [6.07, 6.45) is 11.4. The van der Waals surface area contributed by atoms with Gasteiger partial charge in [-0.15, -0.1) is 0 Å². The molecule has 0 unspecified atom stereocenters. The van der Waals surface area contributed by atoms with Crippen molar-refractivity contribution < 1.29 is 9.59 Å². The fraction of sp³-hybridized carbons (Fsp3) is 0.542. The number of nitrogens with zero attached hydrogens (tertiary/aromatic N) is 2. The van der Waals surface area contributed by atoms with Gasteiger partial charge in [-0.3, -0.25) is 4.79 Å². The van der Waals surface area contributed by atoms with Crippen LogP contribution in [0, 0.1) is 17.8 Å². The topological polar surface area (TPSA) is 88.1 Å². The Balaban J connectivity index is 1.04. The second-order valence-electron chi connectivity index (χ2n) is 9.82. The minimum atomic E-state index is -0.129. The molecule has 1 aromatic carbocycles. The van der Waals surface area contributed by atoms with Crippen LogP contribution in [0.4, 0.5) is 10.5 Å². The number of amides is 3. The number of carbonyl (C=O) groups is 2. The van der Waals surface area contributed by atoms with E-state index in [1.165, 1.54) is 19.3 Å². The van der Waals surface area contributed by atoms with Gasteiger partial charge < -0.3 is 20.5 Å². The number of rotatable bonds is 7. The summed E-state index contributed by atoms with van der Waals surface area (Å²) in [7, 11) is 1.96. The Hall–Kier alpha value is -2.48. The zero-order valence-corrected chi connectivity index (χ0v) is 19.3. The lowest BCUT2D eigenvalue weighted by atomic mass is 9.53. The molecule has 0 spiro atoms. The van der Waals surface area contributed by atoms with Crippen molar-refractivity contribution in [1.82, 2.24) is 20.2 Å². The summed E-state index contributed by atoms with van der Waals surface area (Å²) in [5.41, 5.74) is 0.743. The molecule has 8 heteroatoms. The number of urea groups is 1. The monoisotopic (exact) mass is 453 g/mol. The standard InChI is InChI=1S/C24H31N5O2S/c1-29-9-8-26-23(29)32-20-4-2-19(3-5-20)27-21(30)6-7-25-22(31)28-24-13-16-10-17(14-24)12-18(11-16)15-24/h2-5,8-9,16-18H,6-7,10-15H2,1H3,(H,27,30)(H2,25,28,31). The SMILES string of the molecule is Cn1ccnc1Sc1ccc(NC(=O)CCNC(=O)NC23CC4CC(CC(C4)C2)C3)cc1. The molecule has 3 N–H and O–H groups in total. The van der Waals surface area contributed by atoms with E-state index in [4.69, 9.17) is 0 Å². The first-order chi connectivity index (χ1) is 15.5. The van der Waals surface area contributed by atoms with E-state index < -0.39 is 0 Å². The van der Waals surface area contributed by atoms with E-state index in [1.807, 2.05) is 42.1 Å². The van der Waals surface area contributed by atoms with Crippen molar-refractivity contribution in [2.45, 2.75) is 60.5 Å². The third-order valence-electron chi connectivity index (χ3n) is 7.18. The van der Waals surface area contributed by atoms with Gasteiger partial charge in [0.25, 0.3) is 0 Å². The van der Waals surface area contributed by atoms with E-state index >= 15 is 0 Å². The fourth-order valence-corrected chi connectivity index (χ4v) is 7.03. The van der Waals surface area contributed by atoms with Gasteiger partial charge in [-0.05, 0) is 80.5 Å². The third-order valence-corrected chi connectivity index (χ3v) is 8.26. The van der Waals surface area contributed by atoms with Crippen LogP contribution < -0.4 is 16.0 Å². The molecule has 0 saturated heterocycles. The number of aromatic nitrogens is 2. The van der Waals surface area contributed by atoms with E-state index in [-0.39, 0.29) is 23.9 Å². The van der Waals surface area contributed by atoms with Crippen LogP contribution in [0.15, 0.2) is 46.7 Å². The molecule has 4 fully saturated rings. The predicted octanol–water partition coefficient (Wildman–Crippen LogP) is 4.17. The van der Waals surface area contributed by atoms with Gasteiger partial charge in [0.15, 0.2) is 5.16 Å². The Labute approximate surface area is 193 Å². The number of benzene rings is 1. The molecule has 0 radical (unpaired) electrons. The summed E-state index contributed by atoms with van der Waals surface area (Å²) in [4.78, 5) is 30.1. The van der Waals surface area contributed by atoms with Crippen LogP contribution in [0.3, 0.4) is 0 Å². The van der Waals surface area contributed by atoms with E-state index in [2.05, 4.69) is 20.9 Å². The van der Waals surface area contributed by atoms with E-state index in [1.54, 1.807) is 18.0 Å². The average molecular weight is 454 g/mol. The molecular formula is C24H31N5O2S. The van der Waals surface area contributed by atoms with Crippen LogP contribution in [-0.2, 0) is 11.8 Å². The van der Waals surface area contributed by atoms with Crippen LogP contribution >= 0.6 is 11.8 Å². The molecular weight excluding hydrogens is 422 g/mol. The summed E-state index contributed by atoms with van der Waals surface area (Å²) in [5.74, 6) is 2.27. The molecule has 7 nitrogen and oxygen atoms in total. The number of carbonyl (C=O) groups excluding carboxylic acids is 2. The van der Waals surface area contributed by atoms with Gasteiger partial charge in [-0.1, -0.05) is 11.8 Å². The highest BCUT2D eigenvalue weighted by Crippen LogP contribution is 2.55. The summed E-state index contributed by atoms with van der Waals surface area (Å²) < 4.78 is 1.96. The maximum absolute atomic E-state index is 12.5. The van der Waals surface area contributed by atoms with Crippen molar-refractivity contribution in [3.8, 4) is 0 Å². The van der Waals surface area contributed by atoms with Crippen LogP contribution in [0.2, 0.25) is 0 Å². The normalized spacial score (nSPS) is 27.8. The van der Waals surface area contributed by atoms with Gasteiger partial charge >= 0.3 is 6.03 Å². The first-order valence-corrected chi connectivity index (χ1v) is 12.4. The van der Waals surface area contributed by atoms with Crippen molar-refractivity contribution in [3.63, 3.8) is 0 Å². The minimum absolute atomic E-state index is 0.00418. The van der Waals surface area contributed by atoms with Crippen LogP contribution in [-0.4, -0.2) is 33.6 Å². The lowest BCUT2D eigenvalue weighted by Crippen LogP contribution is -2.61. The van der Waals surface area contributed by atoms with E-state index in [0.717, 1.165) is 52.8 Å². The molecule has 170 valence electrons. The fourth-order valence-electron chi connectivity index (χ4n) is 6.22. The lowest BCUT2D eigenvalue weighted by molar-refractivity contribution is -0.116. The van der Waals surface area contributed by atoms with Crippen molar-refractivity contribution >= 4 is 29.4 Å². The number of nitrogens with one attached hydrogen (secondary N) is 3. The highest BCUT2D eigenvalue weighted by Gasteiger charge is 2.51. The molecule has 0 atom stereocenters. The van der Waals surface area contributed by atoms with Gasteiger partial charge in [0.05, 0.1) is 0 Å². The van der Waals surface area contributed by atoms with Gasteiger partial charge in [0, 0.05) is 48.5 Å². The zero-order chi connectivity index (χ0) is 22.1. The molecule has 32 heavy (non-hydrogen) atoms. The van der Waals surface area contributed by atoms with E-state index in [0.29, 0.717) is 6.54 Å². The second kappa shape index (κ2) is 8.81. The Bertz CT molecular complexity index is 951. The Morgan fingerprint density at radius 3 is 2.34 bits per heavy atom. The molecule has 1 heterocycles. The zero-order valence-electron chi connectivity index (χ0n) is 18.5. The molecule has 4 aliphatic carbocycles. The largest absolute Gasteiger partial charge is 0.338 e. The van der Waals surface area contributed by atoms with Crippen molar-refractivity contribution in [2.75, 3.05) is 11.9 Å². The molecule has 4 saturated carbocycles. The Morgan fingerprint density at radius 2 is 1.75 bits per heavy atom. The molecule has 2 aromatic rings. The average Bonchev–Trinajstić information content (AvgIpc) is 3.12. The maximum Gasteiger partial charge on any atom is 0.315 e. The predicted molar refractivity (Wildman–Crippen MR) is 124 cm³/mol. The second-order valence-corrected chi connectivity index (χ2v) is 10.9. The number of hydrogen-bond acceptors (Lipinski definition) is 4. The summed E-state index contributed by atoms with van der Waals surface area (Å²) in [5, 5.41) is 9.99. The van der Waals surface area contributed by atoms with E-state index in [9.17, 15) is 9.59 Å². The molecule has 3 amide bonds. The van der Waals surface area contributed by atoms with Crippen LogP contribution in [0.5, 0.6) is 0 Å². The summed E-state index contributed by atoms with van der Waals surface area (Å²) in [6.45, 7) is 0.330. The smallest absolute Gasteiger partial charge is 0.315 e. The number of anilines is 1. The number of aryl methyl sites for hydroxylation is 1. The van der Waals surface area contributed by atoms with Gasteiger partial charge in [0.1, 0.15) is 0 Å². The third kappa shape index (κ3) is 4.80. The highest BCUT2D eigenvalue weighted by molar-refractivity contribution is 7.99.